The zero-order chi connectivity index (χ0) is 9.42. The fourth-order valence-electron chi connectivity index (χ4n) is 1.55. The van der Waals surface area contributed by atoms with Crippen LogP contribution in [0.25, 0.3) is 10.2 Å². The molecule has 2 heteroatoms. The number of hydrogen-bond donors (Lipinski definition) is 0. The van der Waals surface area contributed by atoms with Crippen LogP contribution >= 0.6 is 11.3 Å². The minimum atomic E-state index is 0.560. The molecule has 0 unspecified atom stereocenters. The number of fused-ring (bicyclic) bond motifs is 1. The van der Waals surface area contributed by atoms with Crippen molar-refractivity contribution in [2.45, 2.75) is 26.7 Å². The summed E-state index contributed by atoms with van der Waals surface area (Å²) in [7, 11) is 0. The molecule has 0 saturated heterocycles. The molecule has 0 amide bonds. The maximum absolute atomic E-state index is 4.55. The topological polar surface area (TPSA) is 12.9 Å². The van der Waals surface area contributed by atoms with Crippen molar-refractivity contribution < 1.29 is 0 Å². The van der Waals surface area contributed by atoms with Gasteiger partial charge < -0.3 is 0 Å². The molecule has 0 atom stereocenters. The average molecular weight is 191 g/mol. The Kier molecular flexibility index (Phi) is 2.08. The van der Waals surface area contributed by atoms with Gasteiger partial charge in [-0.1, -0.05) is 26.0 Å². The van der Waals surface area contributed by atoms with Crippen LogP contribution in [0.5, 0.6) is 0 Å². The minimum absolute atomic E-state index is 0.560. The zero-order valence-corrected chi connectivity index (χ0v) is 8.98. The van der Waals surface area contributed by atoms with Gasteiger partial charge in [0.25, 0.3) is 0 Å². The molecule has 0 spiro atoms. The summed E-state index contributed by atoms with van der Waals surface area (Å²) >= 11 is 1.77. The quantitative estimate of drug-likeness (QED) is 0.669. The SMILES string of the molecule is Cc1nc2c(C(C)C)cccc2s1. The van der Waals surface area contributed by atoms with Gasteiger partial charge in [-0.05, 0) is 24.5 Å². The van der Waals surface area contributed by atoms with Gasteiger partial charge in [-0.25, -0.2) is 4.98 Å². The second-order valence-corrected chi connectivity index (χ2v) is 4.82. The van der Waals surface area contributed by atoms with Crippen LogP contribution in [0.2, 0.25) is 0 Å². The number of nitrogens with zero attached hydrogens (tertiary/aromatic N) is 1. The maximum Gasteiger partial charge on any atom is 0.0907 e. The largest absolute Gasteiger partial charge is 0.241 e. The molecule has 1 nitrogen and oxygen atoms in total. The Hall–Kier alpha value is -0.890. The number of aromatic nitrogens is 1. The molecule has 1 heterocycles. The Bertz CT molecular complexity index is 429. The van der Waals surface area contributed by atoms with Crippen LogP contribution in [-0.2, 0) is 0 Å². The zero-order valence-electron chi connectivity index (χ0n) is 8.16. The number of aryl methyl sites for hydroxylation is 1. The molecule has 0 radical (unpaired) electrons. The Labute approximate surface area is 82.4 Å². The van der Waals surface area contributed by atoms with E-state index in [4.69, 9.17) is 0 Å². The van der Waals surface area contributed by atoms with Gasteiger partial charge in [-0.2, -0.15) is 0 Å². The first-order chi connectivity index (χ1) is 6.18. The summed E-state index contributed by atoms with van der Waals surface area (Å²) in [6, 6.07) is 6.44. The van der Waals surface area contributed by atoms with Crippen molar-refractivity contribution in [1.82, 2.24) is 4.98 Å². The molecule has 1 aromatic carbocycles. The van der Waals surface area contributed by atoms with Crippen molar-refractivity contribution in [2.24, 2.45) is 0 Å². The van der Waals surface area contributed by atoms with Crippen molar-refractivity contribution in [3.8, 4) is 0 Å². The molecule has 2 rings (SSSR count). The lowest BCUT2D eigenvalue weighted by Gasteiger charge is -2.04. The van der Waals surface area contributed by atoms with E-state index in [1.54, 1.807) is 11.3 Å². The highest BCUT2D eigenvalue weighted by molar-refractivity contribution is 7.18. The maximum atomic E-state index is 4.55. The first kappa shape index (κ1) is 8.70. The molecule has 13 heavy (non-hydrogen) atoms. The van der Waals surface area contributed by atoms with Gasteiger partial charge in [0.1, 0.15) is 0 Å². The lowest BCUT2D eigenvalue weighted by Crippen LogP contribution is -1.88. The molecule has 0 saturated carbocycles. The highest BCUT2D eigenvalue weighted by atomic mass is 32.1. The van der Waals surface area contributed by atoms with Gasteiger partial charge in [0.15, 0.2) is 0 Å². The standard InChI is InChI=1S/C11H13NS/c1-7(2)9-5-4-6-10-11(9)12-8(3)13-10/h4-7H,1-3H3. The fraction of sp³-hybridized carbons (Fsp3) is 0.364. The molecular formula is C11H13NS. The van der Waals surface area contributed by atoms with E-state index in [0.717, 1.165) is 5.01 Å². The Morgan fingerprint density at radius 3 is 2.77 bits per heavy atom. The van der Waals surface area contributed by atoms with Gasteiger partial charge in [-0.15, -0.1) is 11.3 Å². The lowest BCUT2D eigenvalue weighted by atomic mass is 10.0. The molecular weight excluding hydrogens is 178 g/mol. The predicted octanol–water partition coefficient (Wildman–Crippen LogP) is 3.73. The van der Waals surface area contributed by atoms with Crippen molar-refractivity contribution in [2.75, 3.05) is 0 Å². The van der Waals surface area contributed by atoms with Crippen molar-refractivity contribution in [3.63, 3.8) is 0 Å². The van der Waals surface area contributed by atoms with E-state index < -0.39 is 0 Å². The summed E-state index contributed by atoms with van der Waals surface area (Å²) in [4.78, 5) is 4.55. The minimum Gasteiger partial charge on any atom is -0.241 e. The number of hydrogen-bond acceptors (Lipinski definition) is 2. The van der Waals surface area contributed by atoms with E-state index in [-0.39, 0.29) is 0 Å². The van der Waals surface area contributed by atoms with Crippen LogP contribution in [0, 0.1) is 6.92 Å². The second-order valence-electron chi connectivity index (χ2n) is 3.58. The highest BCUT2D eigenvalue weighted by Gasteiger charge is 2.07. The highest BCUT2D eigenvalue weighted by Crippen LogP contribution is 2.28. The smallest absolute Gasteiger partial charge is 0.0907 e. The summed E-state index contributed by atoms with van der Waals surface area (Å²) in [6.45, 7) is 6.49. The van der Waals surface area contributed by atoms with Crippen LogP contribution < -0.4 is 0 Å². The Balaban J connectivity index is 2.75. The van der Waals surface area contributed by atoms with E-state index in [1.807, 2.05) is 0 Å². The Morgan fingerprint density at radius 1 is 1.31 bits per heavy atom. The van der Waals surface area contributed by atoms with Crippen LogP contribution in [0.4, 0.5) is 0 Å². The third-order valence-electron chi connectivity index (χ3n) is 2.18. The van der Waals surface area contributed by atoms with E-state index >= 15 is 0 Å². The van der Waals surface area contributed by atoms with Gasteiger partial charge in [0.2, 0.25) is 0 Å². The van der Waals surface area contributed by atoms with E-state index in [9.17, 15) is 0 Å². The molecule has 1 aromatic heterocycles. The summed E-state index contributed by atoms with van der Waals surface area (Å²) < 4.78 is 1.31. The van der Waals surface area contributed by atoms with Gasteiger partial charge in [0, 0.05) is 0 Å². The first-order valence-electron chi connectivity index (χ1n) is 4.54. The van der Waals surface area contributed by atoms with E-state index in [1.165, 1.54) is 15.8 Å². The third kappa shape index (κ3) is 1.46. The van der Waals surface area contributed by atoms with Crippen molar-refractivity contribution in [1.29, 1.82) is 0 Å². The lowest BCUT2D eigenvalue weighted by molar-refractivity contribution is 0.873. The van der Waals surface area contributed by atoms with Crippen molar-refractivity contribution >= 4 is 21.6 Å². The molecule has 68 valence electrons. The monoisotopic (exact) mass is 191 g/mol. The summed E-state index contributed by atoms with van der Waals surface area (Å²) in [5.74, 6) is 0.560. The molecule has 0 N–H and O–H groups in total. The van der Waals surface area contributed by atoms with Crippen LogP contribution in [0.1, 0.15) is 30.3 Å². The molecule has 0 aliphatic heterocycles. The van der Waals surface area contributed by atoms with Crippen molar-refractivity contribution in [3.05, 3.63) is 28.8 Å². The molecule has 0 aliphatic rings. The number of thiazole rings is 1. The van der Waals surface area contributed by atoms with Gasteiger partial charge >= 0.3 is 0 Å². The van der Waals surface area contributed by atoms with Crippen LogP contribution in [0.3, 0.4) is 0 Å². The van der Waals surface area contributed by atoms with Crippen LogP contribution in [0.15, 0.2) is 18.2 Å². The predicted molar refractivity (Wildman–Crippen MR) is 58.4 cm³/mol. The third-order valence-corrected chi connectivity index (χ3v) is 3.12. The van der Waals surface area contributed by atoms with Gasteiger partial charge in [0.05, 0.1) is 15.2 Å². The second kappa shape index (κ2) is 3.11. The van der Waals surface area contributed by atoms with Crippen LogP contribution in [-0.4, -0.2) is 4.98 Å². The number of benzene rings is 1. The number of para-hydroxylation sites is 1. The van der Waals surface area contributed by atoms with E-state index in [2.05, 4.69) is 44.0 Å². The summed E-state index contributed by atoms with van der Waals surface area (Å²) in [5.41, 5.74) is 2.56. The molecule has 2 aromatic rings. The fourth-order valence-corrected chi connectivity index (χ4v) is 2.41. The molecule has 0 bridgehead atoms. The first-order valence-corrected chi connectivity index (χ1v) is 5.36. The van der Waals surface area contributed by atoms with E-state index in [0.29, 0.717) is 5.92 Å². The van der Waals surface area contributed by atoms with Gasteiger partial charge in [-0.3, -0.25) is 0 Å². The Morgan fingerprint density at radius 2 is 2.08 bits per heavy atom. The molecule has 0 fully saturated rings. The average Bonchev–Trinajstić information content (AvgIpc) is 2.43. The molecule has 0 aliphatic carbocycles. The summed E-state index contributed by atoms with van der Waals surface area (Å²) in [5, 5.41) is 1.16. The number of rotatable bonds is 1. The summed E-state index contributed by atoms with van der Waals surface area (Å²) in [6.07, 6.45) is 0. The normalized spacial score (nSPS) is 11.4.